The van der Waals surface area contributed by atoms with Gasteiger partial charge in [0.2, 0.25) is 5.91 Å². The number of nitrogens with one attached hydrogen (secondary N) is 2. The quantitative estimate of drug-likeness (QED) is 0.592. The lowest BCUT2D eigenvalue weighted by molar-refractivity contribution is -0.122. The van der Waals surface area contributed by atoms with Crippen molar-refractivity contribution >= 4 is 38.5 Å². The van der Waals surface area contributed by atoms with E-state index >= 15 is 0 Å². The third kappa shape index (κ3) is 4.73. The second-order valence-corrected chi connectivity index (χ2v) is 9.06. The molecule has 32 heavy (non-hydrogen) atoms. The lowest BCUT2D eigenvalue weighted by Crippen LogP contribution is -2.50. The lowest BCUT2D eigenvalue weighted by Gasteiger charge is -2.34. The number of ether oxygens (including phenoxy) is 1. The molecule has 9 heteroatoms. The zero-order valence-electron chi connectivity index (χ0n) is 18.4. The molecular weight excluding hydrogens is 426 g/mol. The molecule has 1 aliphatic heterocycles. The normalized spacial score (nSPS) is 16.2. The number of rotatable bonds is 6. The van der Waals surface area contributed by atoms with Crippen molar-refractivity contribution in [1.82, 2.24) is 20.6 Å². The first kappa shape index (κ1) is 22.2. The minimum Gasteiger partial charge on any atom is -0.457 e. The van der Waals surface area contributed by atoms with Crippen LogP contribution >= 0.6 is 11.3 Å². The number of carbonyl (C=O) groups is 2. The zero-order chi connectivity index (χ0) is 22.7. The Morgan fingerprint density at radius 2 is 2.06 bits per heavy atom. The Bertz CT molecular complexity index is 1120. The summed E-state index contributed by atoms with van der Waals surface area (Å²) in [6.45, 7) is 5.61. The summed E-state index contributed by atoms with van der Waals surface area (Å²) >= 11 is 1.49. The second kappa shape index (κ2) is 9.62. The van der Waals surface area contributed by atoms with Crippen molar-refractivity contribution in [1.29, 1.82) is 0 Å². The van der Waals surface area contributed by atoms with E-state index in [9.17, 15) is 9.59 Å². The van der Waals surface area contributed by atoms with E-state index in [-0.39, 0.29) is 29.5 Å². The third-order valence-corrected chi connectivity index (χ3v) is 6.37. The fourth-order valence-electron chi connectivity index (χ4n) is 3.68. The van der Waals surface area contributed by atoms with Crippen LogP contribution in [0.1, 0.15) is 37.2 Å². The minimum absolute atomic E-state index is 0.0905. The number of hydrogen-bond donors (Lipinski definition) is 2. The van der Waals surface area contributed by atoms with Gasteiger partial charge in [-0.05, 0) is 37.6 Å². The monoisotopic (exact) mass is 453 g/mol. The molecule has 8 nitrogen and oxygen atoms in total. The first-order chi connectivity index (χ1) is 15.5. The molecule has 0 saturated carbocycles. The van der Waals surface area contributed by atoms with Crippen molar-refractivity contribution < 1.29 is 14.3 Å². The molecule has 4 rings (SSSR count). The van der Waals surface area contributed by atoms with Gasteiger partial charge >= 0.3 is 0 Å². The lowest BCUT2D eigenvalue weighted by atomic mass is 10.0. The number of nitrogens with zero attached hydrogens (tertiary/aromatic N) is 3. The van der Waals surface area contributed by atoms with E-state index in [0.29, 0.717) is 11.5 Å². The second-order valence-electron chi connectivity index (χ2n) is 8.05. The van der Waals surface area contributed by atoms with E-state index in [1.807, 2.05) is 36.9 Å². The van der Waals surface area contributed by atoms with Gasteiger partial charge in [-0.3, -0.25) is 19.5 Å². The van der Waals surface area contributed by atoms with E-state index < -0.39 is 0 Å². The minimum atomic E-state index is -0.273. The summed E-state index contributed by atoms with van der Waals surface area (Å²) in [6.07, 6.45) is 3.54. The van der Waals surface area contributed by atoms with E-state index in [1.165, 1.54) is 17.5 Å². The molecule has 2 aromatic heterocycles. The van der Waals surface area contributed by atoms with Crippen LogP contribution in [0, 0.1) is 5.92 Å². The van der Waals surface area contributed by atoms with Crippen molar-refractivity contribution in [3.05, 3.63) is 42.2 Å². The van der Waals surface area contributed by atoms with E-state index in [4.69, 9.17) is 9.72 Å². The molecule has 1 unspecified atom stereocenters. The maximum absolute atomic E-state index is 13.0. The maximum Gasteiger partial charge on any atom is 0.269 e. The third-order valence-electron chi connectivity index (χ3n) is 5.35. The Morgan fingerprint density at radius 3 is 2.78 bits per heavy atom. The largest absolute Gasteiger partial charge is 0.457 e. The van der Waals surface area contributed by atoms with Gasteiger partial charge in [0.15, 0.2) is 5.13 Å². The molecule has 168 valence electrons. The Hall–Kier alpha value is -3.04. The number of anilines is 1. The number of fused-ring (bicyclic) bond motifs is 1. The highest BCUT2D eigenvalue weighted by Crippen LogP contribution is 2.35. The predicted octanol–water partition coefficient (Wildman–Crippen LogP) is 3.58. The maximum atomic E-state index is 13.0. The first-order valence-electron chi connectivity index (χ1n) is 10.8. The van der Waals surface area contributed by atoms with Gasteiger partial charge in [-0.2, -0.15) is 0 Å². The Balaban J connectivity index is 1.62. The molecule has 0 radical (unpaired) electrons. The number of pyridine rings is 1. The summed E-state index contributed by atoms with van der Waals surface area (Å²) in [5.41, 5.74) is 1.11. The topological polar surface area (TPSA) is 96.5 Å². The molecule has 1 aliphatic rings. The van der Waals surface area contributed by atoms with Gasteiger partial charge in [-0.25, -0.2) is 4.98 Å². The van der Waals surface area contributed by atoms with Gasteiger partial charge in [0.05, 0.1) is 16.3 Å². The van der Waals surface area contributed by atoms with Gasteiger partial charge in [-0.15, -0.1) is 0 Å². The average Bonchev–Trinajstić information content (AvgIpc) is 3.22. The Kier molecular flexibility index (Phi) is 6.66. The van der Waals surface area contributed by atoms with Crippen LogP contribution in [0.25, 0.3) is 10.2 Å². The van der Waals surface area contributed by atoms with Crippen molar-refractivity contribution in [3.8, 4) is 11.5 Å². The molecule has 0 bridgehead atoms. The number of hydrogen-bond acceptors (Lipinski definition) is 7. The molecule has 2 amide bonds. The van der Waals surface area contributed by atoms with Gasteiger partial charge in [0.1, 0.15) is 17.2 Å². The molecule has 2 N–H and O–H groups in total. The van der Waals surface area contributed by atoms with E-state index in [2.05, 4.69) is 15.6 Å². The standard InChI is InChI=1S/C23H27N5O3S/c1-14(2)22(30)28(15-5-4-9-25-13-15)23-27-18-7-6-16(12-20(18)32-23)31-17-8-10-26-19(11-17)21(29)24-3/h6-8,10-12,14-15,25H,4-5,9,13H2,1-3H3,(H,24,29). The smallest absolute Gasteiger partial charge is 0.269 e. The van der Waals surface area contributed by atoms with E-state index in [0.717, 1.165) is 41.3 Å². The molecule has 0 aliphatic carbocycles. The molecule has 3 aromatic rings. The van der Waals surface area contributed by atoms with Crippen LogP contribution in [0.2, 0.25) is 0 Å². The van der Waals surface area contributed by atoms with Crippen LogP contribution in [0.15, 0.2) is 36.5 Å². The van der Waals surface area contributed by atoms with Gasteiger partial charge in [0.25, 0.3) is 5.91 Å². The van der Waals surface area contributed by atoms with Crippen molar-refractivity contribution in [3.63, 3.8) is 0 Å². The Morgan fingerprint density at radius 1 is 1.25 bits per heavy atom. The van der Waals surface area contributed by atoms with Crippen LogP contribution in [0.5, 0.6) is 11.5 Å². The van der Waals surface area contributed by atoms with Crippen LogP contribution in [-0.4, -0.2) is 48.0 Å². The molecule has 1 atom stereocenters. The van der Waals surface area contributed by atoms with E-state index in [1.54, 1.807) is 19.2 Å². The summed E-state index contributed by atoms with van der Waals surface area (Å²) in [5.74, 6) is 0.859. The zero-order valence-corrected chi connectivity index (χ0v) is 19.2. The van der Waals surface area contributed by atoms with Gasteiger partial charge in [-0.1, -0.05) is 25.2 Å². The fraction of sp³-hybridized carbons (Fsp3) is 0.391. The highest BCUT2D eigenvalue weighted by atomic mass is 32.1. The first-order valence-corrected chi connectivity index (χ1v) is 11.6. The highest BCUT2D eigenvalue weighted by molar-refractivity contribution is 7.22. The van der Waals surface area contributed by atoms with Crippen LogP contribution in [-0.2, 0) is 4.79 Å². The summed E-state index contributed by atoms with van der Waals surface area (Å²) in [7, 11) is 1.56. The summed E-state index contributed by atoms with van der Waals surface area (Å²) in [5, 5.41) is 6.67. The van der Waals surface area contributed by atoms with Crippen molar-refractivity contribution in [2.75, 3.05) is 25.0 Å². The molecule has 3 heterocycles. The molecule has 0 spiro atoms. The number of thiazole rings is 1. The number of amides is 2. The number of piperidine rings is 1. The fourth-order valence-corrected chi connectivity index (χ4v) is 4.76. The van der Waals surface area contributed by atoms with Crippen molar-refractivity contribution in [2.24, 2.45) is 5.92 Å². The number of carbonyl (C=O) groups excluding carboxylic acids is 2. The number of benzene rings is 1. The SMILES string of the molecule is CNC(=O)c1cc(Oc2ccc3nc(N(C(=O)C(C)C)C4CCCNC4)sc3c2)ccn1. The predicted molar refractivity (Wildman–Crippen MR) is 126 cm³/mol. The van der Waals surface area contributed by atoms with Gasteiger partial charge < -0.3 is 15.4 Å². The molecule has 1 fully saturated rings. The van der Waals surface area contributed by atoms with Crippen LogP contribution in [0.3, 0.4) is 0 Å². The molecule has 1 saturated heterocycles. The summed E-state index contributed by atoms with van der Waals surface area (Å²) in [6, 6.07) is 9.04. The van der Waals surface area contributed by atoms with Gasteiger partial charge in [0, 0.05) is 37.8 Å². The highest BCUT2D eigenvalue weighted by Gasteiger charge is 2.30. The molecule has 1 aromatic carbocycles. The van der Waals surface area contributed by atoms with Crippen LogP contribution < -0.4 is 20.3 Å². The summed E-state index contributed by atoms with van der Waals surface area (Å²) < 4.78 is 6.90. The van der Waals surface area contributed by atoms with Crippen LogP contribution in [0.4, 0.5) is 5.13 Å². The number of aromatic nitrogens is 2. The Labute approximate surface area is 191 Å². The molecular formula is C23H27N5O3S. The van der Waals surface area contributed by atoms with Crippen molar-refractivity contribution in [2.45, 2.75) is 32.7 Å². The summed E-state index contributed by atoms with van der Waals surface area (Å²) in [4.78, 5) is 35.6. The average molecular weight is 454 g/mol.